The normalized spacial score (nSPS) is 11.4. The molecule has 0 fully saturated rings. The first-order chi connectivity index (χ1) is 9.74. The molecule has 4 aromatic rings. The average Bonchev–Trinajstić information content (AvgIpc) is 3.07. The molecule has 0 saturated carbocycles. The van der Waals surface area contributed by atoms with E-state index in [9.17, 15) is 4.79 Å². The molecule has 1 aromatic carbocycles. The quantitative estimate of drug-likeness (QED) is 0.583. The molecule has 1 N–H and O–H groups in total. The monoisotopic (exact) mass is 286 g/mol. The molecule has 3 heterocycles. The number of aromatic nitrogens is 4. The van der Waals surface area contributed by atoms with Crippen molar-refractivity contribution in [2.45, 2.75) is 0 Å². The third kappa shape index (κ3) is 1.48. The first-order valence-corrected chi connectivity index (χ1v) is 6.22. The molecule has 20 heavy (non-hydrogen) atoms. The molecule has 0 aliphatic rings. The van der Waals surface area contributed by atoms with Crippen molar-refractivity contribution in [3.8, 4) is 11.6 Å². The van der Waals surface area contributed by atoms with E-state index < -0.39 is 0 Å². The molecule has 0 atom stereocenters. The van der Waals surface area contributed by atoms with Crippen LogP contribution in [-0.4, -0.2) is 19.6 Å². The lowest BCUT2D eigenvalue weighted by Gasteiger charge is -2.01. The molecule has 0 spiro atoms. The van der Waals surface area contributed by atoms with Gasteiger partial charge in [0.2, 0.25) is 5.82 Å². The van der Waals surface area contributed by atoms with Gasteiger partial charge >= 0.3 is 5.69 Å². The fourth-order valence-electron chi connectivity index (χ4n) is 2.20. The van der Waals surface area contributed by atoms with Crippen molar-refractivity contribution in [3.63, 3.8) is 0 Å². The van der Waals surface area contributed by atoms with Gasteiger partial charge in [-0.15, -0.1) is 10.2 Å². The number of fused-ring (bicyclic) bond motifs is 3. The predicted molar refractivity (Wildman–Crippen MR) is 73.8 cm³/mol. The third-order valence-electron chi connectivity index (χ3n) is 3.07. The number of furan rings is 1. The number of nitrogens with zero attached hydrogens (tertiary/aromatic N) is 3. The largest absolute Gasteiger partial charge is 0.461 e. The summed E-state index contributed by atoms with van der Waals surface area (Å²) in [5.41, 5.74) is 0.772. The molecular formula is C13H7ClN4O2. The number of benzene rings is 1. The van der Waals surface area contributed by atoms with Crippen molar-refractivity contribution in [1.82, 2.24) is 19.6 Å². The van der Waals surface area contributed by atoms with E-state index >= 15 is 0 Å². The van der Waals surface area contributed by atoms with E-state index in [1.54, 1.807) is 30.3 Å². The van der Waals surface area contributed by atoms with Crippen molar-refractivity contribution in [3.05, 3.63) is 52.1 Å². The Bertz CT molecular complexity index is 985. The Morgan fingerprint density at radius 2 is 2.15 bits per heavy atom. The highest BCUT2D eigenvalue weighted by molar-refractivity contribution is 6.31. The van der Waals surface area contributed by atoms with E-state index in [-0.39, 0.29) is 5.69 Å². The lowest BCUT2D eigenvalue weighted by molar-refractivity contribution is 0.576. The minimum atomic E-state index is -0.328. The summed E-state index contributed by atoms with van der Waals surface area (Å²) in [6.07, 6.45) is 1.52. The number of rotatable bonds is 1. The zero-order valence-corrected chi connectivity index (χ0v) is 10.8. The van der Waals surface area contributed by atoms with Crippen LogP contribution < -0.4 is 5.69 Å². The van der Waals surface area contributed by atoms with Gasteiger partial charge in [-0.1, -0.05) is 11.6 Å². The summed E-state index contributed by atoms with van der Waals surface area (Å²) in [7, 11) is 0. The van der Waals surface area contributed by atoms with Crippen molar-refractivity contribution in [2.24, 2.45) is 0 Å². The number of H-pyrrole nitrogens is 1. The second-order valence-electron chi connectivity index (χ2n) is 4.28. The number of hydrogen-bond acceptors (Lipinski definition) is 4. The number of aromatic amines is 1. The molecule has 0 unspecified atom stereocenters. The van der Waals surface area contributed by atoms with E-state index in [1.165, 1.54) is 10.7 Å². The molecule has 0 aliphatic carbocycles. The van der Waals surface area contributed by atoms with Gasteiger partial charge < -0.3 is 9.40 Å². The van der Waals surface area contributed by atoms with E-state index in [2.05, 4.69) is 15.2 Å². The van der Waals surface area contributed by atoms with E-state index in [0.29, 0.717) is 27.8 Å². The molecule has 6 nitrogen and oxygen atoms in total. The lowest BCUT2D eigenvalue weighted by atomic mass is 10.2. The van der Waals surface area contributed by atoms with Gasteiger partial charge in [0.15, 0.2) is 11.4 Å². The summed E-state index contributed by atoms with van der Waals surface area (Å²) >= 11 is 6.00. The van der Waals surface area contributed by atoms with Crippen molar-refractivity contribution >= 4 is 28.2 Å². The minimum absolute atomic E-state index is 0.328. The Labute approximate surface area is 116 Å². The van der Waals surface area contributed by atoms with Crippen LogP contribution in [0.15, 0.2) is 45.8 Å². The second kappa shape index (κ2) is 3.94. The number of halogens is 1. The Morgan fingerprint density at radius 3 is 2.95 bits per heavy atom. The minimum Gasteiger partial charge on any atom is -0.461 e. The zero-order valence-electron chi connectivity index (χ0n) is 10.0. The molecule has 0 amide bonds. The topological polar surface area (TPSA) is 76.2 Å². The fourth-order valence-corrected chi connectivity index (χ4v) is 2.37. The van der Waals surface area contributed by atoms with Crippen LogP contribution in [0.5, 0.6) is 0 Å². The molecule has 7 heteroatoms. The molecule has 3 aromatic heterocycles. The molecular weight excluding hydrogens is 280 g/mol. The van der Waals surface area contributed by atoms with Crippen molar-refractivity contribution in [2.75, 3.05) is 0 Å². The smallest absolute Gasteiger partial charge is 0.333 e. The van der Waals surface area contributed by atoms with Crippen LogP contribution in [0.3, 0.4) is 0 Å². The first kappa shape index (κ1) is 11.2. The molecule has 0 radical (unpaired) electrons. The molecule has 0 aliphatic heterocycles. The Balaban J connectivity index is 2.19. The van der Waals surface area contributed by atoms with Gasteiger partial charge in [0.25, 0.3) is 0 Å². The maximum atomic E-state index is 12.2. The van der Waals surface area contributed by atoms with Crippen molar-refractivity contribution in [1.29, 1.82) is 0 Å². The highest BCUT2D eigenvalue weighted by Gasteiger charge is 2.15. The van der Waals surface area contributed by atoms with Gasteiger partial charge in [-0.25, -0.2) is 9.20 Å². The van der Waals surface area contributed by atoms with Crippen LogP contribution in [-0.2, 0) is 0 Å². The maximum absolute atomic E-state index is 12.2. The van der Waals surface area contributed by atoms with Gasteiger partial charge in [-0.2, -0.15) is 0 Å². The highest BCUT2D eigenvalue weighted by atomic mass is 35.5. The van der Waals surface area contributed by atoms with E-state index in [4.69, 9.17) is 16.0 Å². The van der Waals surface area contributed by atoms with E-state index in [0.717, 1.165) is 5.39 Å². The van der Waals surface area contributed by atoms with Gasteiger partial charge in [-0.3, -0.25) is 0 Å². The molecule has 0 saturated heterocycles. The van der Waals surface area contributed by atoms with Crippen LogP contribution in [0.2, 0.25) is 5.02 Å². The summed E-state index contributed by atoms with van der Waals surface area (Å²) in [6, 6.07) is 8.63. The SMILES string of the molecule is O=c1[nH]c2ccc(Cl)cc2c2nnc(-c3ccco3)n12. The molecule has 98 valence electrons. The van der Waals surface area contributed by atoms with Gasteiger partial charge in [0, 0.05) is 10.4 Å². The van der Waals surface area contributed by atoms with E-state index in [1.807, 2.05) is 0 Å². The zero-order chi connectivity index (χ0) is 13.7. The van der Waals surface area contributed by atoms with Crippen LogP contribution in [0.25, 0.3) is 28.1 Å². The van der Waals surface area contributed by atoms with Crippen LogP contribution in [0.4, 0.5) is 0 Å². The summed E-state index contributed by atoms with van der Waals surface area (Å²) in [6.45, 7) is 0. The summed E-state index contributed by atoms with van der Waals surface area (Å²) in [5, 5.41) is 9.40. The van der Waals surface area contributed by atoms with Crippen LogP contribution in [0.1, 0.15) is 0 Å². The summed E-state index contributed by atoms with van der Waals surface area (Å²) in [5.74, 6) is 0.831. The predicted octanol–water partition coefficient (Wildman–Crippen LogP) is 2.48. The average molecular weight is 287 g/mol. The Hall–Kier alpha value is -2.60. The molecule has 0 bridgehead atoms. The van der Waals surface area contributed by atoms with Gasteiger partial charge in [0.1, 0.15) is 0 Å². The standard InChI is InChI=1S/C13H7ClN4O2/c14-7-3-4-9-8(6-7)11-16-17-12(10-2-1-5-20-10)18(11)13(19)15-9/h1-6H,(H,15,19). The first-order valence-electron chi connectivity index (χ1n) is 5.84. The van der Waals surface area contributed by atoms with Crippen LogP contribution in [0, 0.1) is 0 Å². The number of hydrogen-bond donors (Lipinski definition) is 1. The lowest BCUT2D eigenvalue weighted by Crippen LogP contribution is -2.17. The highest BCUT2D eigenvalue weighted by Crippen LogP contribution is 2.23. The van der Waals surface area contributed by atoms with Gasteiger partial charge in [0.05, 0.1) is 11.8 Å². The van der Waals surface area contributed by atoms with Crippen molar-refractivity contribution < 1.29 is 4.42 Å². The van der Waals surface area contributed by atoms with Crippen LogP contribution >= 0.6 is 11.6 Å². The Kier molecular flexibility index (Phi) is 2.22. The fraction of sp³-hybridized carbons (Fsp3) is 0. The maximum Gasteiger partial charge on any atom is 0.333 e. The second-order valence-corrected chi connectivity index (χ2v) is 4.72. The number of nitrogens with one attached hydrogen (secondary N) is 1. The summed E-state index contributed by atoms with van der Waals surface area (Å²) < 4.78 is 6.65. The summed E-state index contributed by atoms with van der Waals surface area (Å²) in [4.78, 5) is 15.0. The Morgan fingerprint density at radius 1 is 1.25 bits per heavy atom. The molecule has 4 rings (SSSR count). The third-order valence-corrected chi connectivity index (χ3v) is 3.31. The van der Waals surface area contributed by atoms with Gasteiger partial charge in [-0.05, 0) is 30.3 Å².